The zero-order chi connectivity index (χ0) is 16.0. The molecule has 0 unspecified atom stereocenters. The van der Waals surface area contributed by atoms with Gasteiger partial charge in [-0.25, -0.2) is 0 Å². The maximum atomic E-state index is 2.36. The van der Waals surface area contributed by atoms with Crippen LogP contribution in [0.3, 0.4) is 0 Å². The lowest BCUT2D eigenvalue weighted by atomic mass is 9.95. The third kappa shape index (κ3) is 2.43. The standard InChI is InChI=1S/C21H18S2/c1-13-8-4-5-9-16(13)17-10-6-7-11-18(17)19-12-20-21(23-19)14(2)15(3)22-20/h4-12H,1-3H3. The molecule has 0 atom stereocenters. The van der Waals surface area contributed by atoms with Crippen molar-refractivity contribution in [1.29, 1.82) is 0 Å². The van der Waals surface area contributed by atoms with Gasteiger partial charge in [-0.1, -0.05) is 48.5 Å². The average molecular weight is 335 g/mol. The maximum absolute atomic E-state index is 2.36. The lowest BCUT2D eigenvalue weighted by molar-refractivity contribution is 1.46. The number of hydrogen-bond donors (Lipinski definition) is 0. The lowest BCUT2D eigenvalue weighted by Crippen LogP contribution is -1.85. The third-order valence-electron chi connectivity index (χ3n) is 4.46. The van der Waals surface area contributed by atoms with E-state index in [1.165, 1.54) is 47.0 Å². The van der Waals surface area contributed by atoms with Gasteiger partial charge in [-0.15, -0.1) is 22.7 Å². The number of thiophene rings is 2. The molecule has 0 radical (unpaired) electrons. The summed E-state index contributed by atoms with van der Waals surface area (Å²) in [6.07, 6.45) is 0. The third-order valence-corrected chi connectivity index (χ3v) is 7.03. The molecule has 0 aliphatic carbocycles. The summed E-state index contributed by atoms with van der Waals surface area (Å²) in [5.74, 6) is 0. The van der Waals surface area contributed by atoms with E-state index >= 15 is 0 Å². The van der Waals surface area contributed by atoms with Crippen LogP contribution in [0.1, 0.15) is 16.0 Å². The van der Waals surface area contributed by atoms with Crippen molar-refractivity contribution in [3.05, 3.63) is 70.6 Å². The largest absolute Gasteiger partial charge is 0.139 e. The highest BCUT2D eigenvalue weighted by atomic mass is 32.1. The number of hydrogen-bond acceptors (Lipinski definition) is 2. The Bertz CT molecular complexity index is 1000. The molecule has 2 aromatic heterocycles. The fourth-order valence-electron chi connectivity index (χ4n) is 3.05. The van der Waals surface area contributed by atoms with E-state index < -0.39 is 0 Å². The van der Waals surface area contributed by atoms with Crippen LogP contribution in [0.2, 0.25) is 0 Å². The lowest BCUT2D eigenvalue weighted by Gasteiger charge is -2.10. The highest BCUT2D eigenvalue weighted by Crippen LogP contribution is 2.43. The van der Waals surface area contributed by atoms with Crippen molar-refractivity contribution in [2.75, 3.05) is 0 Å². The van der Waals surface area contributed by atoms with Crippen LogP contribution >= 0.6 is 22.7 Å². The van der Waals surface area contributed by atoms with Gasteiger partial charge in [0.05, 0.1) is 0 Å². The molecule has 23 heavy (non-hydrogen) atoms. The van der Waals surface area contributed by atoms with Gasteiger partial charge < -0.3 is 0 Å². The summed E-state index contributed by atoms with van der Waals surface area (Å²) in [5, 5.41) is 0. The number of fused-ring (bicyclic) bond motifs is 1. The van der Waals surface area contributed by atoms with Crippen LogP contribution in [0.4, 0.5) is 0 Å². The van der Waals surface area contributed by atoms with Crippen molar-refractivity contribution in [3.63, 3.8) is 0 Å². The predicted octanol–water partition coefficient (Wildman–Crippen LogP) is 7.22. The highest BCUT2D eigenvalue weighted by molar-refractivity contribution is 7.29. The second-order valence-electron chi connectivity index (χ2n) is 5.95. The summed E-state index contributed by atoms with van der Waals surface area (Å²) < 4.78 is 2.86. The second kappa shape index (κ2) is 5.63. The van der Waals surface area contributed by atoms with E-state index in [1.807, 2.05) is 22.7 Å². The van der Waals surface area contributed by atoms with E-state index in [0.29, 0.717) is 0 Å². The Labute approximate surface area is 145 Å². The van der Waals surface area contributed by atoms with Gasteiger partial charge in [0, 0.05) is 19.2 Å². The molecule has 4 rings (SSSR count). The van der Waals surface area contributed by atoms with Gasteiger partial charge in [-0.3, -0.25) is 0 Å². The summed E-state index contributed by atoms with van der Waals surface area (Å²) in [7, 11) is 0. The quantitative estimate of drug-likeness (QED) is 0.363. The predicted molar refractivity (Wildman–Crippen MR) is 105 cm³/mol. The Morgan fingerprint density at radius 3 is 2.04 bits per heavy atom. The molecule has 0 bridgehead atoms. The van der Waals surface area contributed by atoms with Crippen molar-refractivity contribution in [2.24, 2.45) is 0 Å². The normalized spacial score (nSPS) is 11.3. The molecule has 2 aromatic carbocycles. The van der Waals surface area contributed by atoms with Crippen molar-refractivity contribution in [2.45, 2.75) is 20.8 Å². The Balaban J connectivity index is 1.93. The minimum atomic E-state index is 1.32. The zero-order valence-electron chi connectivity index (χ0n) is 13.5. The molecule has 0 saturated heterocycles. The summed E-state index contributed by atoms with van der Waals surface area (Å²) in [5.41, 5.74) is 6.76. The molecule has 2 heteroatoms. The van der Waals surface area contributed by atoms with E-state index in [2.05, 4.69) is 75.4 Å². The van der Waals surface area contributed by atoms with Crippen molar-refractivity contribution in [1.82, 2.24) is 0 Å². The van der Waals surface area contributed by atoms with E-state index in [9.17, 15) is 0 Å². The monoisotopic (exact) mass is 334 g/mol. The van der Waals surface area contributed by atoms with E-state index in [4.69, 9.17) is 0 Å². The zero-order valence-corrected chi connectivity index (χ0v) is 15.1. The van der Waals surface area contributed by atoms with Gasteiger partial charge in [-0.2, -0.15) is 0 Å². The van der Waals surface area contributed by atoms with Crippen LogP contribution in [0, 0.1) is 20.8 Å². The summed E-state index contributed by atoms with van der Waals surface area (Å²) in [6, 6.07) is 19.8. The Hall–Kier alpha value is -1.90. The summed E-state index contributed by atoms with van der Waals surface area (Å²) in [4.78, 5) is 2.80. The SMILES string of the molecule is Cc1ccccc1-c1ccccc1-c1cc2sc(C)c(C)c2s1. The second-order valence-corrected chi connectivity index (χ2v) is 8.26. The van der Waals surface area contributed by atoms with Gasteiger partial charge >= 0.3 is 0 Å². The minimum absolute atomic E-state index is 1.32. The fourth-order valence-corrected chi connectivity index (χ4v) is 5.60. The topological polar surface area (TPSA) is 0 Å². The van der Waals surface area contributed by atoms with Gasteiger partial charge in [0.2, 0.25) is 0 Å². The molecular weight excluding hydrogens is 316 g/mol. The first-order valence-electron chi connectivity index (χ1n) is 7.80. The van der Waals surface area contributed by atoms with Crippen LogP contribution in [-0.4, -0.2) is 0 Å². The van der Waals surface area contributed by atoms with Crippen LogP contribution in [0.5, 0.6) is 0 Å². The molecular formula is C21H18S2. The van der Waals surface area contributed by atoms with Crippen molar-refractivity contribution >= 4 is 32.1 Å². The molecule has 0 amide bonds. The Kier molecular flexibility index (Phi) is 3.59. The van der Waals surface area contributed by atoms with E-state index in [0.717, 1.165) is 0 Å². The number of rotatable bonds is 2. The molecule has 0 saturated carbocycles. The van der Waals surface area contributed by atoms with E-state index in [-0.39, 0.29) is 0 Å². The summed E-state index contributed by atoms with van der Waals surface area (Å²) >= 11 is 3.83. The molecule has 4 aromatic rings. The van der Waals surface area contributed by atoms with Crippen LogP contribution in [0.25, 0.3) is 31.0 Å². The molecule has 2 heterocycles. The number of benzene rings is 2. The Morgan fingerprint density at radius 2 is 1.35 bits per heavy atom. The minimum Gasteiger partial charge on any atom is -0.139 e. The average Bonchev–Trinajstić information content (AvgIpc) is 3.08. The van der Waals surface area contributed by atoms with Gasteiger partial charge in [0.15, 0.2) is 0 Å². The smallest absolute Gasteiger partial charge is 0.0489 e. The molecule has 0 spiro atoms. The molecule has 114 valence electrons. The molecule has 0 aliphatic heterocycles. The van der Waals surface area contributed by atoms with Crippen LogP contribution in [-0.2, 0) is 0 Å². The van der Waals surface area contributed by atoms with Gasteiger partial charge in [-0.05, 0) is 54.7 Å². The van der Waals surface area contributed by atoms with Gasteiger partial charge in [0.25, 0.3) is 0 Å². The fraction of sp³-hybridized carbons (Fsp3) is 0.143. The van der Waals surface area contributed by atoms with E-state index in [1.54, 1.807) is 0 Å². The highest BCUT2D eigenvalue weighted by Gasteiger charge is 2.14. The maximum Gasteiger partial charge on any atom is 0.0489 e. The first-order chi connectivity index (χ1) is 11.1. The molecule has 0 N–H and O–H groups in total. The van der Waals surface area contributed by atoms with Gasteiger partial charge in [0.1, 0.15) is 0 Å². The molecule has 0 fully saturated rings. The van der Waals surface area contributed by atoms with Crippen molar-refractivity contribution < 1.29 is 0 Å². The number of aryl methyl sites for hydroxylation is 3. The van der Waals surface area contributed by atoms with Crippen LogP contribution < -0.4 is 0 Å². The van der Waals surface area contributed by atoms with Crippen LogP contribution in [0.15, 0.2) is 54.6 Å². The first-order valence-corrected chi connectivity index (χ1v) is 9.43. The Morgan fingerprint density at radius 1 is 0.696 bits per heavy atom. The van der Waals surface area contributed by atoms with Crippen molar-refractivity contribution in [3.8, 4) is 21.6 Å². The molecule has 0 nitrogen and oxygen atoms in total. The summed E-state index contributed by atoms with van der Waals surface area (Å²) in [6.45, 7) is 6.64. The molecule has 0 aliphatic rings. The first kappa shape index (κ1) is 14.7.